The summed E-state index contributed by atoms with van der Waals surface area (Å²) in [5.74, 6) is 2.77. The number of aryl methyl sites for hydroxylation is 1. The Morgan fingerprint density at radius 2 is 1.23 bits per heavy atom. The second-order valence-electron chi connectivity index (χ2n) is 12.1. The van der Waals surface area contributed by atoms with E-state index < -0.39 is 0 Å². The van der Waals surface area contributed by atoms with Gasteiger partial charge in [-0.25, -0.2) is 15.0 Å². The largest absolute Gasteiger partial charge is 0.459 e. The lowest BCUT2D eigenvalue weighted by Gasteiger charge is -2.14. The average molecular weight is 619 g/mol. The van der Waals surface area contributed by atoms with E-state index in [2.05, 4.69) is 66.7 Å². The van der Waals surface area contributed by atoms with Gasteiger partial charge in [0.25, 0.3) is 0 Å². The predicted octanol–water partition coefficient (Wildman–Crippen LogP) is 10.4. The quantitative estimate of drug-likeness (QED) is 0.195. The first kappa shape index (κ1) is 26.8. The average Bonchev–Trinajstić information content (AvgIpc) is 3.73. The standard InChI is InChI=1S/C42H26N4O2/c1-3-11-26(12-4-1)40-44-41(27-13-5-2-6-14-27)46-42(45-40)32-16-9-17-33-38(32)39-36(48-33)23-29(24-43-39)28-18-20-31-35(22-28)47-34-21-19-25-10-7-8-15-30(25)37(31)34/h1-8,10-16,18-24H,9,17H2. The normalized spacial score (nSPS) is 13.0. The molecule has 0 saturated heterocycles. The van der Waals surface area contributed by atoms with E-state index in [0.717, 1.165) is 85.0 Å². The Morgan fingerprint density at radius 1 is 0.521 bits per heavy atom. The maximum Gasteiger partial charge on any atom is 0.164 e. The number of pyridine rings is 1. The molecular weight excluding hydrogens is 592 g/mol. The van der Waals surface area contributed by atoms with Crippen LogP contribution in [-0.2, 0) is 6.42 Å². The SMILES string of the molecule is C1=C(c2nc(-c3ccccc3)nc(-c3ccccc3)n2)c2c(oc3cc(-c4ccc5c(c4)oc4ccc6ccccc6c45)cnc23)CC1. The number of benzene rings is 5. The zero-order valence-electron chi connectivity index (χ0n) is 25.7. The summed E-state index contributed by atoms with van der Waals surface area (Å²) in [6, 6.07) is 41.1. The van der Waals surface area contributed by atoms with Crippen molar-refractivity contribution in [2.24, 2.45) is 0 Å². The van der Waals surface area contributed by atoms with Gasteiger partial charge >= 0.3 is 0 Å². The van der Waals surface area contributed by atoms with Gasteiger partial charge in [-0.15, -0.1) is 0 Å². The molecule has 5 aromatic carbocycles. The minimum Gasteiger partial charge on any atom is -0.459 e. The molecule has 0 saturated carbocycles. The maximum atomic E-state index is 6.52. The van der Waals surface area contributed by atoms with E-state index in [0.29, 0.717) is 17.5 Å². The second kappa shape index (κ2) is 10.6. The van der Waals surface area contributed by atoms with Gasteiger partial charge in [0.05, 0.1) is 5.56 Å². The number of aromatic nitrogens is 4. The van der Waals surface area contributed by atoms with Gasteiger partial charge in [0.2, 0.25) is 0 Å². The lowest BCUT2D eigenvalue weighted by molar-refractivity contribution is 0.545. The van der Waals surface area contributed by atoms with E-state index >= 15 is 0 Å². The van der Waals surface area contributed by atoms with Gasteiger partial charge in [-0.2, -0.15) is 0 Å². The van der Waals surface area contributed by atoms with Crippen LogP contribution in [0.15, 0.2) is 142 Å². The van der Waals surface area contributed by atoms with Crippen LogP contribution in [0.4, 0.5) is 0 Å². The Bertz CT molecular complexity index is 2670. The molecule has 4 heterocycles. The summed E-state index contributed by atoms with van der Waals surface area (Å²) in [5, 5.41) is 4.64. The van der Waals surface area contributed by atoms with Crippen LogP contribution in [0, 0.1) is 0 Å². The van der Waals surface area contributed by atoms with E-state index in [1.165, 1.54) is 10.8 Å². The molecule has 0 atom stereocenters. The van der Waals surface area contributed by atoms with Crippen LogP contribution in [0.1, 0.15) is 23.6 Å². The molecule has 6 heteroatoms. The number of fused-ring (bicyclic) bond motifs is 8. The molecule has 0 aliphatic heterocycles. The number of furan rings is 2. The summed E-state index contributed by atoms with van der Waals surface area (Å²) in [5.41, 5.74) is 8.99. The van der Waals surface area contributed by atoms with Crippen LogP contribution in [0.5, 0.6) is 0 Å². The highest BCUT2D eigenvalue weighted by molar-refractivity contribution is 6.19. The molecule has 226 valence electrons. The van der Waals surface area contributed by atoms with Crippen LogP contribution in [0.3, 0.4) is 0 Å². The van der Waals surface area contributed by atoms with Crippen LogP contribution < -0.4 is 0 Å². The molecule has 6 nitrogen and oxygen atoms in total. The fraction of sp³-hybridized carbons (Fsp3) is 0.0476. The lowest BCUT2D eigenvalue weighted by atomic mass is 9.95. The summed E-state index contributed by atoms with van der Waals surface area (Å²) in [4.78, 5) is 19.9. The van der Waals surface area contributed by atoms with Gasteiger partial charge in [0.15, 0.2) is 23.1 Å². The molecule has 0 unspecified atom stereocenters. The summed E-state index contributed by atoms with van der Waals surface area (Å²) < 4.78 is 12.9. The van der Waals surface area contributed by atoms with Crippen molar-refractivity contribution in [3.05, 3.63) is 151 Å². The Labute approximate surface area is 275 Å². The van der Waals surface area contributed by atoms with Crippen molar-refractivity contribution in [3.8, 4) is 33.9 Å². The van der Waals surface area contributed by atoms with Gasteiger partial charge in [-0.3, -0.25) is 4.98 Å². The molecule has 0 bridgehead atoms. The smallest absolute Gasteiger partial charge is 0.164 e. The van der Waals surface area contributed by atoms with Crippen LogP contribution >= 0.6 is 0 Å². The first-order valence-corrected chi connectivity index (χ1v) is 16.1. The monoisotopic (exact) mass is 618 g/mol. The highest BCUT2D eigenvalue weighted by Gasteiger charge is 2.26. The second-order valence-corrected chi connectivity index (χ2v) is 12.1. The number of allylic oxidation sites excluding steroid dienone is 1. The minimum atomic E-state index is 0.611. The van der Waals surface area contributed by atoms with Crippen molar-refractivity contribution in [3.63, 3.8) is 0 Å². The molecule has 0 fully saturated rings. The first-order chi connectivity index (χ1) is 23.8. The van der Waals surface area contributed by atoms with E-state index in [9.17, 15) is 0 Å². The zero-order chi connectivity index (χ0) is 31.6. The summed E-state index contributed by atoms with van der Waals surface area (Å²) in [6.45, 7) is 0. The topological polar surface area (TPSA) is 77.8 Å². The fourth-order valence-electron chi connectivity index (χ4n) is 6.95. The molecule has 1 aliphatic rings. The number of hydrogen-bond donors (Lipinski definition) is 0. The van der Waals surface area contributed by atoms with Crippen molar-refractivity contribution >= 4 is 49.4 Å². The Kier molecular flexibility index (Phi) is 5.90. The maximum absolute atomic E-state index is 6.52. The summed E-state index contributed by atoms with van der Waals surface area (Å²) in [6.07, 6.45) is 5.72. The first-order valence-electron chi connectivity index (χ1n) is 16.1. The third kappa shape index (κ3) is 4.27. The molecule has 9 aromatic rings. The number of rotatable bonds is 4. The molecule has 0 amide bonds. The molecular formula is C42H26N4O2. The molecule has 10 rings (SSSR count). The van der Waals surface area contributed by atoms with Crippen LogP contribution in [0.25, 0.3) is 83.3 Å². The van der Waals surface area contributed by atoms with E-state index in [1.807, 2.05) is 66.9 Å². The van der Waals surface area contributed by atoms with Crippen LogP contribution in [-0.4, -0.2) is 19.9 Å². The van der Waals surface area contributed by atoms with Gasteiger partial charge in [-0.1, -0.05) is 103 Å². The van der Waals surface area contributed by atoms with Gasteiger partial charge in [-0.05, 0) is 47.0 Å². The van der Waals surface area contributed by atoms with Crippen molar-refractivity contribution in [1.29, 1.82) is 0 Å². The Morgan fingerprint density at radius 3 is 2.02 bits per heavy atom. The van der Waals surface area contributed by atoms with E-state index in [4.69, 9.17) is 28.8 Å². The number of nitrogens with zero attached hydrogens (tertiary/aromatic N) is 4. The highest BCUT2D eigenvalue weighted by Crippen LogP contribution is 2.40. The van der Waals surface area contributed by atoms with E-state index in [1.54, 1.807) is 0 Å². The minimum absolute atomic E-state index is 0.611. The van der Waals surface area contributed by atoms with Crippen molar-refractivity contribution in [2.75, 3.05) is 0 Å². The Balaban J connectivity index is 1.08. The van der Waals surface area contributed by atoms with Crippen molar-refractivity contribution in [1.82, 2.24) is 19.9 Å². The summed E-state index contributed by atoms with van der Waals surface area (Å²) >= 11 is 0. The van der Waals surface area contributed by atoms with Crippen molar-refractivity contribution in [2.45, 2.75) is 12.8 Å². The lowest BCUT2D eigenvalue weighted by Crippen LogP contribution is -2.06. The Hall–Kier alpha value is -6.40. The molecule has 0 spiro atoms. The fourth-order valence-corrected chi connectivity index (χ4v) is 6.95. The van der Waals surface area contributed by atoms with Crippen molar-refractivity contribution < 1.29 is 8.83 Å². The van der Waals surface area contributed by atoms with Gasteiger partial charge < -0.3 is 8.83 Å². The number of hydrogen-bond acceptors (Lipinski definition) is 6. The predicted molar refractivity (Wildman–Crippen MR) is 190 cm³/mol. The molecule has 1 aliphatic carbocycles. The van der Waals surface area contributed by atoms with Crippen LogP contribution in [0.2, 0.25) is 0 Å². The third-order valence-electron chi connectivity index (χ3n) is 9.23. The highest BCUT2D eigenvalue weighted by atomic mass is 16.3. The van der Waals surface area contributed by atoms with Gasteiger partial charge in [0.1, 0.15) is 22.4 Å². The third-order valence-corrected chi connectivity index (χ3v) is 9.23. The molecule has 0 N–H and O–H groups in total. The summed E-state index contributed by atoms with van der Waals surface area (Å²) in [7, 11) is 0. The zero-order valence-corrected chi connectivity index (χ0v) is 25.7. The molecule has 4 aromatic heterocycles. The van der Waals surface area contributed by atoms with Gasteiger partial charge in [0, 0.05) is 45.7 Å². The molecule has 0 radical (unpaired) electrons. The van der Waals surface area contributed by atoms with E-state index in [-0.39, 0.29) is 0 Å². The molecule has 48 heavy (non-hydrogen) atoms.